The van der Waals surface area contributed by atoms with Gasteiger partial charge in [-0.3, -0.25) is 0 Å². The van der Waals surface area contributed by atoms with Gasteiger partial charge in [-0.2, -0.15) is 0 Å². The fraction of sp³-hybridized carbons (Fsp3) is 0.182. The number of rotatable bonds is 8. The molecular weight excluding hydrogens is 417 g/mol. The van der Waals surface area contributed by atoms with Gasteiger partial charge in [0.2, 0.25) is 0 Å². The standard InChI is InChI=1S/C22H21Cl2NO2.ClH/c23-19-12-7-13-20(24)22(19)27-15-18(26)14-25-21(16-8-3-1-4-9-16)17-10-5-2-6-11-17;/h1-13,18,21,25-26H,14-15H2;1H. The van der Waals surface area contributed by atoms with Crippen LogP contribution in [0.1, 0.15) is 17.2 Å². The maximum absolute atomic E-state index is 10.4. The van der Waals surface area contributed by atoms with Gasteiger partial charge in [-0.05, 0) is 23.3 Å². The Bertz CT molecular complexity index is 787. The molecule has 0 saturated heterocycles. The Hall–Kier alpha value is -1.75. The molecule has 0 heterocycles. The number of hydrogen-bond acceptors (Lipinski definition) is 3. The van der Waals surface area contributed by atoms with Gasteiger partial charge in [0.05, 0.1) is 16.1 Å². The highest BCUT2D eigenvalue weighted by Crippen LogP contribution is 2.32. The Labute approximate surface area is 181 Å². The Morgan fingerprint density at radius 1 is 0.786 bits per heavy atom. The van der Waals surface area contributed by atoms with Gasteiger partial charge < -0.3 is 15.2 Å². The number of halogens is 3. The number of nitrogens with one attached hydrogen (secondary N) is 1. The normalized spacial score (nSPS) is 11.7. The first-order valence-corrected chi connectivity index (χ1v) is 9.49. The number of benzene rings is 3. The second-order valence-electron chi connectivity index (χ2n) is 6.18. The van der Waals surface area contributed by atoms with Crippen LogP contribution >= 0.6 is 35.6 Å². The monoisotopic (exact) mass is 437 g/mol. The van der Waals surface area contributed by atoms with E-state index in [2.05, 4.69) is 29.6 Å². The summed E-state index contributed by atoms with van der Waals surface area (Å²) in [6, 6.07) is 25.4. The lowest BCUT2D eigenvalue weighted by atomic mass is 9.98. The summed E-state index contributed by atoms with van der Waals surface area (Å²) in [7, 11) is 0. The fourth-order valence-corrected chi connectivity index (χ4v) is 3.34. The van der Waals surface area contributed by atoms with Crippen molar-refractivity contribution in [2.24, 2.45) is 0 Å². The molecule has 6 heteroatoms. The van der Waals surface area contributed by atoms with Crippen molar-refractivity contribution in [2.75, 3.05) is 13.2 Å². The van der Waals surface area contributed by atoms with E-state index < -0.39 is 6.10 Å². The van der Waals surface area contributed by atoms with E-state index in [0.717, 1.165) is 11.1 Å². The second-order valence-corrected chi connectivity index (χ2v) is 6.99. The number of hydrogen-bond donors (Lipinski definition) is 2. The molecular formula is C22H22Cl3NO2. The molecule has 3 nitrogen and oxygen atoms in total. The Kier molecular flexibility index (Phi) is 9.10. The van der Waals surface area contributed by atoms with Crippen LogP contribution in [-0.4, -0.2) is 24.4 Å². The topological polar surface area (TPSA) is 41.5 Å². The van der Waals surface area contributed by atoms with Gasteiger partial charge in [0.1, 0.15) is 12.7 Å². The van der Waals surface area contributed by atoms with E-state index in [1.54, 1.807) is 18.2 Å². The van der Waals surface area contributed by atoms with Crippen LogP contribution in [0.5, 0.6) is 5.75 Å². The van der Waals surface area contributed by atoms with Crippen LogP contribution in [0.2, 0.25) is 10.0 Å². The van der Waals surface area contributed by atoms with Crippen molar-refractivity contribution in [1.82, 2.24) is 5.32 Å². The first-order chi connectivity index (χ1) is 13.1. The number of para-hydroxylation sites is 1. The van der Waals surface area contributed by atoms with Crippen molar-refractivity contribution in [1.29, 1.82) is 0 Å². The van der Waals surface area contributed by atoms with Crippen LogP contribution in [0.3, 0.4) is 0 Å². The van der Waals surface area contributed by atoms with Crippen molar-refractivity contribution in [3.05, 3.63) is 100 Å². The van der Waals surface area contributed by atoms with E-state index in [4.69, 9.17) is 27.9 Å². The van der Waals surface area contributed by atoms with Crippen LogP contribution in [-0.2, 0) is 0 Å². The zero-order chi connectivity index (χ0) is 19.1. The van der Waals surface area contributed by atoms with Crippen LogP contribution in [0.15, 0.2) is 78.9 Å². The molecule has 0 spiro atoms. The van der Waals surface area contributed by atoms with Gasteiger partial charge >= 0.3 is 0 Å². The molecule has 28 heavy (non-hydrogen) atoms. The molecule has 2 N–H and O–H groups in total. The lowest BCUT2D eigenvalue weighted by molar-refractivity contribution is 0.105. The first-order valence-electron chi connectivity index (χ1n) is 8.73. The average Bonchev–Trinajstić information content (AvgIpc) is 2.69. The third kappa shape index (κ3) is 6.13. The molecule has 0 amide bonds. The van der Waals surface area contributed by atoms with Crippen molar-refractivity contribution in [3.63, 3.8) is 0 Å². The van der Waals surface area contributed by atoms with E-state index in [1.165, 1.54) is 0 Å². The zero-order valence-electron chi connectivity index (χ0n) is 15.1. The van der Waals surface area contributed by atoms with Crippen LogP contribution in [0.25, 0.3) is 0 Å². The molecule has 0 radical (unpaired) electrons. The number of ether oxygens (including phenoxy) is 1. The van der Waals surface area contributed by atoms with Crippen LogP contribution in [0, 0.1) is 0 Å². The molecule has 0 aliphatic carbocycles. The average molecular weight is 439 g/mol. The van der Waals surface area contributed by atoms with Crippen molar-refractivity contribution in [2.45, 2.75) is 12.1 Å². The Morgan fingerprint density at radius 3 is 1.79 bits per heavy atom. The summed E-state index contributed by atoms with van der Waals surface area (Å²) in [6.45, 7) is 0.448. The molecule has 3 aromatic rings. The highest BCUT2D eigenvalue weighted by Gasteiger charge is 2.16. The van der Waals surface area contributed by atoms with E-state index in [0.29, 0.717) is 22.3 Å². The minimum Gasteiger partial charge on any atom is -0.488 e. The molecule has 0 bridgehead atoms. The number of aliphatic hydroxyl groups excluding tert-OH is 1. The van der Waals surface area contributed by atoms with Crippen LogP contribution < -0.4 is 10.1 Å². The minimum absolute atomic E-state index is 0. The molecule has 1 atom stereocenters. The summed E-state index contributed by atoms with van der Waals surface area (Å²) in [5.74, 6) is 0.391. The van der Waals surface area contributed by atoms with E-state index in [-0.39, 0.29) is 25.1 Å². The molecule has 0 aliphatic heterocycles. The molecule has 1 unspecified atom stereocenters. The largest absolute Gasteiger partial charge is 0.488 e. The van der Waals surface area contributed by atoms with Gasteiger partial charge in [-0.1, -0.05) is 89.9 Å². The van der Waals surface area contributed by atoms with Gasteiger partial charge in [0.25, 0.3) is 0 Å². The van der Waals surface area contributed by atoms with Crippen molar-refractivity contribution >= 4 is 35.6 Å². The summed E-state index contributed by atoms with van der Waals surface area (Å²) in [6.07, 6.45) is -0.715. The van der Waals surface area contributed by atoms with Crippen molar-refractivity contribution in [3.8, 4) is 5.75 Å². The second kappa shape index (κ2) is 11.3. The zero-order valence-corrected chi connectivity index (χ0v) is 17.4. The quantitative estimate of drug-likeness (QED) is 0.485. The molecule has 3 aromatic carbocycles. The maximum atomic E-state index is 10.4. The van der Waals surface area contributed by atoms with Crippen LogP contribution in [0.4, 0.5) is 0 Å². The summed E-state index contributed by atoms with van der Waals surface area (Å²) in [4.78, 5) is 0. The Morgan fingerprint density at radius 2 is 1.29 bits per heavy atom. The third-order valence-corrected chi connectivity index (χ3v) is 4.76. The van der Waals surface area contributed by atoms with E-state index >= 15 is 0 Å². The van der Waals surface area contributed by atoms with Gasteiger partial charge in [0.15, 0.2) is 5.75 Å². The number of aliphatic hydroxyl groups is 1. The first kappa shape index (κ1) is 22.5. The molecule has 3 rings (SSSR count). The third-order valence-electron chi connectivity index (χ3n) is 4.16. The molecule has 0 fully saturated rings. The predicted molar refractivity (Wildman–Crippen MR) is 118 cm³/mol. The fourth-order valence-electron chi connectivity index (χ4n) is 2.83. The van der Waals surface area contributed by atoms with Gasteiger partial charge in [-0.25, -0.2) is 0 Å². The minimum atomic E-state index is -0.715. The summed E-state index contributed by atoms with van der Waals surface area (Å²) in [5, 5.41) is 14.6. The Balaban J connectivity index is 0.00000280. The van der Waals surface area contributed by atoms with E-state index in [1.807, 2.05) is 36.4 Å². The van der Waals surface area contributed by atoms with Gasteiger partial charge in [-0.15, -0.1) is 12.4 Å². The summed E-state index contributed by atoms with van der Waals surface area (Å²) in [5.41, 5.74) is 2.26. The lowest BCUT2D eigenvalue weighted by Crippen LogP contribution is -2.34. The van der Waals surface area contributed by atoms with Crippen molar-refractivity contribution < 1.29 is 9.84 Å². The molecule has 0 aromatic heterocycles. The lowest BCUT2D eigenvalue weighted by Gasteiger charge is -2.22. The smallest absolute Gasteiger partial charge is 0.156 e. The highest BCUT2D eigenvalue weighted by molar-refractivity contribution is 6.37. The summed E-state index contributed by atoms with van der Waals surface area (Å²) < 4.78 is 5.62. The summed E-state index contributed by atoms with van der Waals surface area (Å²) >= 11 is 12.2. The molecule has 0 aliphatic rings. The molecule has 0 saturated carbocycles. The predicted octanol–water partition coefficient (Wildman–Crippen LogP) is 5.53. The highest BCUT2D eigenvalue weighted by atomic mass is 35.5. The molecule has 148 valence electrons. The van der Waals surface area contributed by atoms with Gasteiger partial charge in [0, 0.05) is 6.54 Å². The SMILES string of the molecule is Cl.OC(CNC(c1ccccc1)c1ccccc1)COc1c(Cl)cccc1Cl. The van der Waals surface area contributed by atoms with E-state index in [9.17, 15) is 5.11 Å². The maximum Gasteiger partial charge on any atom is 0.156 e.